The molecule has 0 radical (unpaired) electrons. The molecule has 108 valence electrons. The van der Waals surface area contributed by atoms with E-state index in [1.54, 1.807) is 5.48 Å². The normalized spacial score (nSPS) is 11.7. The molecule has 0 spiro atoms. The Balaban J connectivity index is 2.51. The van der Waals surface area contributed by atoms with E-state index in [2.05, 4.69) is 47.0 Å². The summed E-state index contributed by atoms with van der Waals surface area (Å²) in [6, 6.07) is 3.82. The maximum Gasteiger partial charge on any atom is 0.262 e. The molecule has 2 aromatic heterocycles. The lowest BCUT2D eigenvalue weighted by Crippen LogP contribution is -2.28. The Morgan fingerprint density at radius 2 is 2.15 bits per heavy atom. The molecule has 2 aromatic rings. The van der Waals surface area contributed by atoms with Crippen LogP contribution in [0.25, 0.3) is 5.65 Å². The summed E-state index contributed by atoms with van der Waals surface area (Å²) in [6.45, 7) is 6.14. The largest absolute Gasteiger partial charge is 0.360 e. The lowest BCUT2D eigenvalue weighted by Gasteiger charge is -2.18. The third-order valence-corrected chi connectivity index (χ3v) is 3.30. The molecule has 0 fully saturated rings. The molecule has 0 unspecified atom stereocenters. The predicted octanol–water partition coefficient (Wildman–Crippen LogP) is 2.31. The van der Waals surface area contributed by atoms with Gasteiger partial charge in [-0.15, -0.1) is 0 Å². The summed E-state index contributed by atoms with van der Waals surface area (Å²) in [4.78, 5) is 15.8. The summed E-state index contributed by atoms with van der Waals surface area (Å²) < 4.78 is 2.80. The molecule has 0 aliphatic carbocycles. The standard InChI is InChI=1S/C13H17BrN4O2/c1-13(2,3)11-12(15-6-10(19)17-20)18-7-8(14)4-5-9(18)16-11/h4-5,7,15,20H,6H2,1-3H3,(H,17,19). The number of imidazole rings is 1. The molecule has 0 atom stereocenters. The summed E-state index contributed by atoms with van der Waals surface area (Å²) in [6.07, 6.45) is 1.89. The minimum atomic E-state index is -0.505. The number of nitrogens with one attached hydrogen (secondary N) is 2. The molecular formula is C13H17BrN4O2. The van der Waals surface area contributed by atoms with Crippen LogP contribution in [0.15, 0.2) is 22.8 Å². The SMILES string of the molecule is CC(C)(C)c1nc2ccc(Br)cn2c1NCC(=O)NO. The molecule has 0 aliphatic rings. The third kappa shape index (κ3) is 2.94. The van der Waals surface area contributed by atoms with E-state index in [0.29, 0.717) is 0 Å². The molecule has 0 bridgehead atoms. The van der Waals surface area contributed by atoms with Gasteiger partial charge in [0.25, 0.3) is 5.91 Å². The number of aromatic nitrogens is 2. The molecule has 0 aliphatic heterocycles. The number of halogens is 1. The van der Waals surface area contributed by atoms with E-state index in [0.717, 1.165) is 21.6 Å². The number of pyridine rings is 1. The summed E-state index contributed by atoms with van der Waals surface area (Å²) in [5.74, 6) is 0.243. The summed E-state index contributed by atoms with van der Waals surface area (Å²) in [5.41, 5.74) is 3.09. The Labute approximate surface area is 125 Å². The van der Waals surface area contributed by atoms with Gasteiger partial charge < -0.3 is 5.32 Å². The quantitative estimate of drug-likeness (QED) is 0.591. The van der Waals surface area contributed by atoms with Gasteiger partial charge in [-0.25, -0.2) is 10.5 Å². The van der Waals surface area contributed by atoms with Crippen molar-refractivity contribution in [2.24, 2.45) is 0 Å². The van der Waals surface area contributed by atoms with Crippen LogP contribution >= 0.6 is 15.9 Å². The maximum atomic E-state index is 11.2. The first-order chi connectivity index (χ1) is 9.32. The van der Waals surface area contributed by atoms with Crippen molar-refractivity contribution in [1.29, 1.82) is 0 Å². The van der Waals surface area contributed by atoms with Crippen molar-refractivity contribution in [2.45, 2.75) is 26.2 Å². The van der Waals surface area contributed by atoms with Crippen LogP contribution in [0.5, 0.6) is 0 Å². The molecule has 0 saturated heterocycles. The van der Waals surface area contributed by atoms with Crippen LogP contribution in [0.2, 0.25) is 0 Å². The van der Waals surface area contributed by atoms with E-state index in [4.69, 9.17) is 5.21 Å². The fourth-order valence-corrected chi connectivity index (χ4v) is 2.25. The zero-order chi connectivity index (χ0) is 14.9. The Hall–Kier alpha value is -1.60. The van der Waals surface area contributed by atoms with Crippen LogP contribution in [0.1, 0.15) is 26.5 Å². The highest BCUT2D eigenvalue weighted by Gasteiger charge is 2.24. The monoisotopic (exact) mass is 340 g/mol. The first-order valence-corrected chi connectivity index (χ1v) is 6.97. The maximum absolute atomic E-state index is 11.2. The molecular weight excluding hydrogens is 324 g/mol. The van der Waals surface area contributed by atoms with Gasteiger partial charge in [-0.3, -0.25) is 14.4 Å². The molecule has 0 saturated carbocycles. The molecule has 1 amide bonds. The second-order valence-electron chi connectivity index (χ2n) is 5.52. The molecule has 7 heteroatoms. The van der Waals surface area contributed by atoms with Gasteiger partial charge in [0.2, 0.25) is 0 Å². The first-order valence-electron chi connectivity index (χ1n) is 6.18. The van der Waals surface area contributed by atoms with Crippen LogP contribution < -0.4 is 10.8 Å². The lowest BCUT2D eigenvalue weighted by molar-refractivity contribution is -0.127. The van der Waals surface area contributed by atoms with Gasteiger partial charge in [-0.05, 0) is 28.1 Å². The molecule has 2 rings (SSSR count). The van der Waals surface area contributed by atoms with Crippen molar-refractivity contribution in [3.63, 3.8) is 0 Å². The van der Waals surface area contributed by atoms with Crippen LogP contribution in [-0.2, 0) is 10.2 Å². The van der Waals surface area contributed by atoms with E-state index in [1.807, 2.05) is 22.7 Å². The van der Waals surface area contributed by atoms with E-state index < -0.39 is 5.91 Å². The van der Waals surface area contributed by atoms with Gasteiger partial charge >= 0.3 is 0 Å². The van der Waals surface area contributed by atoms with Crippen LogP contribution in [0.4, 0.5) is 5.82 Å². The summed E-state index contributed by atoms with van der Waals surface area (Å²) >= 11 is 3.42. The molecule has 0 aromatic carbocycles. The van der Waals surface area contributed by atoms with E-state index in [1.165, 1.54) is 0 Å². The number of rotatable bonds is 3. The molecule has 2 heterocycles. The average Bonchev–Trinajstić information content (AvgIpc) is 2.73. The highest BCUT2D eigenvalue weighted by Crippen LogP contribution is 2.30. The van der Waals surface area contributed by atoms with Crippen LogP contribution in [0.3, 0.4) is 0 Å². The van der Waals surface area contributed by atoms with Gasteiger partial charge in [-0.2, -0.15) is 0 Å². The molecule has 20 heavy (non-hydrogen) atoms. The predicted molar refractivity (Wildman–Crippen MR) is 80.0 cm³/mol. The second-order valence-corrected chi connectivity index (χ2v) is 6.44. The van der Waals surface area contributed by atoms with Crippen LogP contribution in [0, 0.1) is 0 Å². The number of nitrogens with zero attached hydrogens (tertiary/aromatic N) is 2. The Morgan fingerprint density at radius 3 is 2.75 bits per heavy atom. The van der Waals surface area contributed by atoms with Crippen molar-refractivity contribution in [2.75, 3.05) is 11.9 Å². The van der Waals surface area contributed by atoms with Crippen molar-refractivity contribution < 1.29 is 10.0 Å². The summed E-state index contributed by atoms with van der Waals surface area (Å²) in [7, 11) is 0. The molecule has 3 N–H and O–H groups in total. The average molecular weight is 341 g/mol. The number of hydrogen-bond acceptors (Lipinski definition) is 4. The highest BCUT2D eigenvalue weighted by atomic mass is 79.9. The minimum absolute atomic E-state index is 0.0279. The van der Waals surface area contributed by atoms with Crippen LogP contribution in [-0.4, -0.2) is 27.0 Å². The number of hydrogen-bond donors (Lipinski definition) is 3. The van der Waals surface area contributed by atoms with E-state index in [9.17, 15) is 4.79 Å². The van der Waals surface area contributed by atoms with E-state index >= 15 is 0 Å². The Bertz CT molecular complexity index is 646. The fourth-order valence-electron chi connectivity index (χ4n) is 1.91. The topological polar surface area (TPSA) is 78.7 Å². The number of carbonyl (C=O) groups is 1. The van der Waals surface area contributed by atoms with Crippen molar-refractivity contribution in [3.8, 4) is 0 Å². The lowest BCUT2D eigenvalue weighted by atomic mass is 9.92. The molecule has 6 nitrogen and oxygen atoms in total. The number of amides is 1. The Kier molecular flexibility index (Phi) is 4.01. The third-order valence-electron chi connectivity index (χ3n) is 2.83. The van der Waals surface area contributed by atoms with Gasteiger partial charge in [0.05, 0.1) is 12.2 Å². The highest BCUT2D eigenvalue weighted by molar-refractivity contribution is 9.10. The zero-order valence-corrected chi connectivity index (χ0v) is 13.2. The number of hydroxylamine groups is 1. The summed E-state index contributed by atoms with van der Waals surface area (Å²) in [5, 5.41) is 11.6. The first kappa shape index (κ1) is 14.8. The minimum Gasteiger partial charge on any atom is -0.360 e. The van der Waals surface area contributed by atoms with Gasteiger partial charge in [0.1, 0.15) is 11.5 Å². The Morgan fingerprint density at radius 1 is 1.45 bits per heavy atom. The number of fused-ring (bicyclic) bond motifs is 1. The number of carbonyl (C=O) groups excluding carboxylic acids is 1. The smallest absolute Gasteiger partial charge is 0.262 e. The van der Waals surface area contributed by atoms with Crippen molar-refractivity contribution >= 4 is 33.3 Å². The van der Waals surface area contributed by atoms with Gasteiger partial charge in [-0.1, -0.05) is 20.8 Å². The van der Waals surface area contributed by atoms with Gasteiger partial charge in [0.15, 0.2) is 0 Å². The fraction of sp³-hybridized carbons (Fsp3) is 0.385. The van der Waals surface area contributed by atoms with Gasteiger partial charge in [0, 0.05) is 16.1 Å². The second kappa shape index (κ2) is 5.41. The zero-order valence-electron chi connectivity index (χ0n) is 11.6. The van der Waals surface area contributed by atoms with E-state index in [-0.39, 0.29) is 12.0 Å². The van der Waals surface area contributed by atoms with Crippen molar-refractivity contribution in [1.82, 2.24) is 14.9 Å². The number of anilines is 1. The van der Waals surface area contributed by atoms with Crippen molar-refractivity contribution in [3.05, 3.63) is 28.5 Å².